The lowest BCUT2D eigenvalue weighted by molar-refractivity contribution is 0.190. The van der Waals surface area contributed by atoms with Gasteiger partial charge >= 0.3 is 0 Å². The fourth-order valence-corrected chi connectivity index (χ4v) is 3.70. The van der Waals surface area contributed by atoms with Crippen molar-refractivity contribution in [3.8, 4) is 0 Å². The minimum Gasteiger partial charge on any atom is -0.356 e. The van der Waals surface area contributed by atoms with Crippen LogP contribution in [0.3, 0.4) is 0 Å². The van der Waals surface area contributed by atoms with E-state index in [2.05, 4.69) is 27.6 Å². The summed E-state index contributed by atoms with van der Waals surface area (Å²) in [5.74, 6) is 0.988. The molecule has 0 unspecified atom stereocenters. The zero-order valence-electron chi connectivity index (χ0n) is 14.4. The van der Waals surface area contributed by atoms with E-state index in [-0.39, 0.29) is 24.0 Å². The summed E-state index contributed by atoms with van der Waals surface area (Å²) >= 11 is 0. The van der Waals surface area contributed by atoms with Gasteiger partial charge in [-0.2, -0.15) is 0 Å². The Balaban J connectivity index is 0.00000242. The van der Waals surface area contributed by atoms with Crippen LogP contribution in [0.25, 0.3) is 0 Å². The van der Waals surface area contributed by atoms with Crippen LogP contribution in [0.15, 0.2) is 4.99 Å². The molecule has 0 amide bonds. The summed E-state index contributed by atoms with van der Waals surface area (Å²) in [6.07, 6.45) is 13.6. The van der Waals surface area contributed by atoms with E-state index in [0.717, 1.165) is 18.5 Å². The Labute approximate surface area is 153 Å². The molecule has 0 saturated heterocycles. The van der Waals surface area contributed by atoms with E-state index < -0.39 is 0 Å². The molecule has 0 radical (unpaired) electrons. The molecule has 2 saturated carbocycles. The number of halogens is 1. The van der Waals surface area contributed by atoms with Crippen LogP contribution in [-0.2, 0) is 0 Å². The van der Waals surface area contributed by atoms with E-state index in [0.29, 0.717) is 6.04 Å². The first-order valence-electron chi connectivity index (χ1n) is 8.97. The summed E-state index contributed by atoms with van der Waals surface area (Å²) < 4.78 is 0. The van der Waals surface area contributed by atoms with Crippen molar-refractivity contribution in [2.24, 2.45) is 4.99 Å². The van der Waals surface area contributed by atoms with E-state index >= 15 is 0 Å². The average molecular weight is 422 g/mol. The van der Waals surface area contributed by atoms with Crippen molar-refractivity contribution in [3.63, 3.8) is 0 Å². The highest BCUT2D eigenvalue weighted by Gasteiger charge is 2.18. The van der Waals surface area contributed by atoms with Crippen molar-refractivity contribution in [2.75, 3.05) is 27.2 Å². The molecule has 2 fully saturated rings. The van der Waals surface area contributed by atoms with Gasteiger partial charge in [0.2, 0.25) is 0 Å². The van der Waals surface area contributed by atoms with Crippen LogP contribution in [0.2, 0.25) is 0 Å². The number of hydrogen-bond acceptors (Lipinski definition) is 2. The summed E-state index contributed by atoms with van der Waals surface area (Å²) in [4.78, 5) is 6.90. The highest BCUT2D eigenvalue weighted by molar-refractivity contribution is 14.0. The molecule has 22 heavy (non-hydrogen) atoms. The Hall–Kier alpha value is -0.0400. The van der Waals surface area contributed by atoms with Crippen LogP contribution in [0.1, 0.15) is 64.2 Å². The number of hydrogen-bond donors (Lipinski definition) is 2. The fourth-order valence-electron chi connectivity index (χ4n) is 3.70. The van der Waals surface area contributed by atoms with Gasteiger partial charge in [0, 0.05) is 25.7 Å². The summed E-state index contributed by atoms with van der Waals surface area (Å²) in [7, 11) is 4.17. The van der Waals surface area contributed by atoms with Crippen molar-refractivity contribution in [2.45, 2.75) is 76.3 Å². The van der Waals surface area contributed by atoms with Crippen molar-refractivity contribution < 1.29 is 0 Å². The summed E-state index contributed by atoms with van der Waals surface area (Å²) in [5, 5.41) is 7.01. The highest BCUT2D eigenvalue weighted by Crippen LogP contribution is 2.21. The number of guanidine groups is 1. The van der Waals surface area contributed by atoms with Gasteiger partial charge in [0.1, 0.15) is 0 Å². The van der Waals surface area contributed by atoms with Crippen molar-refractivity contribution in [1.29, 1.82) is 0 Å². The van der Waals surface area contributed by atoms with Gasteiger partial charge in [0.25, 0.3) is 0 Å². The molecule has 0 aromatic heterocycles. The Bertz CT molecular complexity index is 310. The predicted octanol–water partition coefficient (Wildman–Crippen LogP) is 3.37. The van der Waals surface area contributed by atoms with Gasteiger partial charge in [-0.05, 0) is 45.7 Å². The van der Waals surface area contributed by atoms with Crippen molar-refractivity contribution in [3.05, 3.63) is 0 Å². The molecule has 2 rings (SSSR count). The number of nitrogens with one attached hydrogen (secondary N) is 2. The smallest absolute Gasteiger partial charge is 0.191 e. The maximum absolute atomic E-state index is 4.34. The van der Waals surface area contributed by atoms with Crippen LogP contribution < -0.4 is 10.6 Å². The van der Waals surface area contributed by atoms with Crippen LogP contribution in [0.5, 0.6) is 0 Å². The van der Waals surface area contributed by atoms with Gasteiger partial charge < -0.3 is 15.5 Å². The topological polar surface area (TPSA) is 39.7 Å². The van der Waals surface area contributed by atoms with Crippen LogP contribution >= 0.6 is 24.0 Å². The molecule has 0 aromatic rings. The van der Waals surface area contributed by atoms with Gasteiger partial charge in [0.15, 0.2) is 5.96 Å². The Morgan fingerprint density at radius 2 is 1.68 bits per heavy atom. The highest BCUT2D eigenvalue weighted by atomic mass is 127. The molecule has 130 valence electrons. The maximum atomic E-state index is 4.34. The fraction of sp³-hybridized carbons (Fsp3) is 0.941. The van der Waals surface area contributed by atoms with Crippen molar-refractivity contribution >= 4 is 29.9 Å². The number of aliphatic imine (C=N–C) groups is 1. The molecule has 2 N–H and O–H groups in total. The summed E-state index contributed by atoms with van der Waals surface area (Å²) in [6.45, 7) is 2.21. The first-order valence-corrected chi connectivity index (χ1v) is 8.97. The largest absolute Gasteiger partial charge is 0.356 e. The second-order valence-electron chi connectivity index (χ2n) is 6.75. The zero-order valence-corrected chi connectivity index (χ0v) is 16.8. The van der Waals surface area contributed by atoms with Crippen LogP contribution in [-0.4, -0.2) is 50.1 Å². The molecular weight excluding hydrogens is 387 g/mol. The molecule has 2 aliphatic carbocycles. The Kier molecular flexibility index (Phi) is 10.4. The van der Waals surface area contributed by atoms with Crippen LogP contribution in [0, 0.1) is 0 Å². The molecule has 0 heterocycles. The quantitative estimate of drug-likeness (QED) is 0.299. The molecular formula is C17H35IN4. The second kappa shape index (κ2) is 11.5. The van der Waals surface area contributed by atoms with E-state index in [4.69, 9.17) is 0 Å². The third kappa shape index (κ3) is 7.02. The number of rotatable bonds is 6. The molecule has 4 nitrogen and oxygen atoms in total. The Morgan fingerprint density at radius 3 is 2.32 bits per heavy atom. The van der Waals surface area contributed by atoms with E-state index in [1.54, 1.807) is 0 Å². The van der Waals surface area contributed by atoms with Gasteiger partial charge in [-0.25, -0.2) is 0 Å². The maximum Gasteiger partial charge on any atom is 0.191 e. The van der Waals surface area contributed by atoms with E-state index in [1.165, 1.54) is 70.8 Å². The molecule has 5 heteroatoms. The third-order valence-corrected chi connectivity index (χ3v) is 5.10. The average Bonchev–Trinajstić information content (AvgIpc) is 3.04. The minimum atomic E-state index is 0. The molecule has 0 aromatic carbocycles. The van der Waals surface area contributed by atoms with E-state index in [1.807, 2.05) is 7.05 Å². The third-order valence-electron chi connectivity index (χ3n) is 5.10. The minimum absolute atomic E-state index is 0. The normalized spacial score (nSPS) is 21.0. The first kappa shape index (κ1) is 20.0. The van der Waals surface area contributed by atoms with Gasteiger partial charge in [-0.3, -0.25) is 4.99 Å². The number of nitrogens with zero attached hydrogens (tertiary/aromatic N) is 2. The first-order chi connectivity index (χ1) is 10.3. The zero-order chi connectivity index (χ0) is 14.9. The lowest BCUT2D eigenvalue weighted by Crippen LogP contribution is -2.43. The predicted molar refractivity (Wildman–Crippen MR) is 106 cm³/mol. The van der Waals surface area contributed by atoms with Gasteiger partial charge in [-0.15, -0.1) is 24.0 Å². The summed E-state index contributed by atoms with van der Waals surface area (Å²) in [5.41, 5.74) is 0. The van der Waals surface area contributed by atoms with Gasteiger partial charge in [-0.1, -0.05) is 32.1 Å². The lowest BCUT2D eigenvalue weighted by atomic mass is 9.94. The standard InChI is InChI=1S/C17H34N4.HI/c1-18-17(20-15-9-6-7-10-15)19-13-8-14-21(2)16-11-4-3-5-12-16;/h15-16H,3-14H2,1-2H3,(H2,18,19,20);1H. The second-order valence-corrected chi connectivity index (χ2v) is 6.75. The Morgan fingerprint density at radius 1 is 1.05 bits per heavy atom. The monoisotopic (exact) mass is 422 g/mol. The SMILES string of the molecule is CN=C(NCCCN(C)C1CCCCC1)NC1CCCC1.I. The lowest BCUT2D eigenvalue weighted by Gasteiger charge is -2.31. The van der Waals surface area contributed by atoms with E-state index in [9.17, 15) is 0 Å². The summed E-state index contributed by atoms with van der Waals surface area (Å²) in [6, 6.07) is 1.47. The van der Waals surface area contributed by atoms with Crippen LogP contribution in [0.4, 0.5) is 0 Å². The molecule has 0 bridgehead atoms. The molecule has 2 aliphatic rings. The molecule has 0 spiro atoms. The molecule has 0 aliphatic heterocycles. The van der Waals surface area contributed by atoms with Gasteiger partial charge in [0.05, 0.1) is 0 Å². The van der Waals surface area contributed by atoms with Crippen molar-refractivity contribution in [1.82, 2.24) is 15.5 Å². The molecule has 0 atom stereocenters.